The molecule has 5 nitrogen and oxygen atoms in total. The molecule has 92 valence electrons. The molecule has 1 heterocycles. The molecule has 1 aliphatic rings. The molecule has 1 aromatic heterocycles. The molecular formula is C12H17N3O2. The lowest BCUT2D eigenvalue weighted by atomic mass is 10.2. The summed E-state index contributed by atoms with van der Waals surface area (Å²) in [6.07, 6.45) is 4.02. The summed E-state index contributed by atoms with van der Waals surface area (Å²) in [5.74, 6) is 0.374. The van der Waals surface area contributed by atoms with Crippen LogP contribution in [0.2, 0.25) is 0 Å². The number of carbonyl (C=O) groups is 1. The van der Waals surface area contributed by atoms with Crippen molar-refractivity contribution < 1.29 is 9.90 Å². The highest BCUT2D eigenvalue weighted by Gasteiger charge is 2.22. The molecule has 2 N–H and O–H groups in total. The van der Waals surface area contributed by atoms with Gasteiger partial charge in [0.05, 0.1) is 11.9 Å². The average molecular weight is 235 g/mol. The smallest absolute Gasteiger partial charge is 0.356 e. The molecule has 2 rings (SSSR count). The van der Waals surface area contributed by atoms with Crippen LogP contribution in [0.15, 0.2) is 6.20 Å². The monoisotopic (exact) mass is 235 g/mol. The fourth-order valence-corrected chi connectivity index (χ4v) is 1.54. The Hall–Kier alpha value is -1.65. The predicted octanol–water partition coefficient (Wildman–Crippen LogP) is 2.12. The van der Waals surface area contributed by atoms with Crippen molar-refractivity contribution in [2.45, 2.75) is 32.6 Å². The van der Waals surface area contributed by atoms with Crippen molar-refractivity contribution in [1.82, 2.24) is 9.97 Å². The summed E-state index contributed by atoms with van der Waals surface area (Å²) in [6, 6.07) is 0. The first kappa shape index (κ1) is 11.8. The molecule has 0 spiro atoms. The van der Waals surface area contributed by atoms with Crippen LogP contribution in [0.4, 0.5) is 5.69 Å². The predicted molar refractivity (Wildman–Crippen MR) is 64.3 cm³/mol. The van der Waals surface area contributed by atoms with E-state index in [1.165, 1.54) is 12.8 Å². The largest absolute Gasteiger partial charge is 0.476 e. The van der Waals surface area contributed by atoms with Crippen LogP contribution in [0.5, 0.6) is 0 Å². The van der Waals surface area contributed by atoms with Crippen molar-refractivity contribution in [2.75, 3.05) is 11.9 Å². The van der Waals surface area contributed by atoms with E-state index in [1.54, 1.807) is 6.20 Å². The van der Waals surface area contributed by atoms with Crippen molar-refractivity contribution in [1.29, 1.82) is 0 Å². The summed E-state index contributed by atoms with van der Waals surface area (Å²) < 4.78 is 0. The zero-order chi connectivity index (χ0) is 12.4. The van der Waals surface area contributed by atoms with E-state index in [4.69, 9.17) is 5.11 Å². The minimum atomic E-state index is -1.01. The Morgan fingerprint density at radius 3 is 2.82 bits per heavy atom. The Labute approximate surface area is 100 Å². The minimum Gasteiger partial charge on any atom is -0.476 e. The molecule has 1 fully saturated rings. The number of carboxylic acids is 1. The first-order chi connectivity index (χ1) is 8.08. The minimum absolute atomic E-state index is 0.0735. The summed E-state index contributed by atoms with van der Waals surface area (Å²) in [7, 11) is 0. The number of anilines is 1. The van der Waals surface area contributed by atoms with Crippen molar-refractivity contribution in [2.24, 2.45) is 5.92 Å². The zero-order valence-electron chi connectivity index (χ0n) is 10.1. The lowest BCUT2D eigenvalue weighted by Crippen LogP contribution is -2.13. The molecule has 1 aromatic rings. The lowest BCUT2D eigenvalue weighted by molar-refractivity contribution is 0.0691. The van der Waals surface area contributed by atoms with E-state index in [9.17, 15) is 4.79 Å². The molecule has 1 aliphatic carbocycles. The van der Waals surface area contributed by atoms with Crippen LogP contribution in [-0.4, -0.2) is 27.6 Å². The van der Waals surface area contributed by atoms with Gasteiger partial charge in [-0.05, 0) is 18.8 Å². The highest BCUT2D eigenvalue weighted by Crippen LogP contribution is 2.29. The van der Waals surface area contributed by atoms with Crippen molar-refractivity contribution in [3.63, 3.8) is 0 Å². The second-order valence-corrected chi connectivity index (χ2v) is 4.77. The fourth-order valence-electron chi connectivity index (χ4n) is 1.54. The van der Waals surface area contributed by atoms with Gasteiger partial charge in [-0.3, -0.25) is 0 Å². The molecule has 1 saturated carbocycles. The van der Waals surface area contributed by atoms with Gasteiger partial charge in [0.25, 0.3) is 0 Å². The molecule has 0 bridgehead atoms. The molecule has 0 aromatic carbocycles. The van der Waals surface area contributed by atoms with Crippen LogP contribution in [0.25, 0.3) is 0 Å². The van der Waals surface area contributed by atoms with E-state index < -0.39 is 5.97 Å². The fraction of sp³-hybridized carbons (Fsp3) is 0.583. The van der Waals surface area contributed by atoms with Gasteiger partial charge in [-0.2, -0.15) is 0 Å². The molecule has 17 heavy (non-hydrogen) atoms. The standard InChI is InChI=1S/C12H17N3O2/c1-7(2)11-14-6-9(10(15-11)12(16)17)13-5-8-3-4-8/h6-8,13H,3-5H2,1-2H3,(H,16,17). The number of nitrogens with zero attached hydrogens (tertiary/aromatic N) is 2. The Kier molecular flexibility index (Phi) is 3.26. The summed E-state index contributed by atoms with van der Waals surface area (Å²) >= 11 is 0. The third-order valence-electron chi connectivity index (χ3n) is 2.80. The Morgan fingerprint density at radius 2 is 2.29 bits per heavy atom. The third kappa shape index (κ3) is 2.93. The Bertz CT molecular complexity index is 428. The normalized spacial score (nSPS) is 15.0. The maximum atomic E-state index is 11.1. The second-order valence-electron chi connectivity index (χ2n) is 4.77. The molecule has 0 atom stereocenters. The maximum Gasteiger partial charge on any atom is 0.356 e. The van der Waals surface area contributed by atoms with Crippen LogP contribution >= 0.6 is 0 Å². The van der Waals surface area contributed by atoms with Crippen LogP contribution < -0.4 is 5.32 Å². The highest BCUT2D eigenvalue weighted by molar-refractivity contribution is 5.91. The maximum absolute atomic E-state index is 11.1. The number of rotatable bonds is 5. The van der Waals surface area contributed by atoms with Gasteiger partial charge < -0.3 is 10.4 Å². The van der Waals surface area contributed by atoms with Gasteiger partial charge in [-0.15, -0.1) is 0 Å². The molecule has 0 aliphatic heterocycles. The average Bonchev–Trinajstić information content (AvgIpc) is 3.09. The van der Waals surface area contributed by atoms with Crippen LogP contribution in [0.1, 0.15) is 48.9 Å². The van der Waals surface area contributed by atoms with Gasteiger partial charge in [-0.1, -0.05) is 13.8 Å². The van der Waals surface area contributed by atoms with E-state index >= 15 is 0 Å². The first-order valence-corrected chi connectivity index (χ1v) is 5.92. The summed E-state index contributed by atoms with van der Waals surface area (Å²) in [5.41, 5.74) is 0.596. The third-order valence-corrected chi connectivity index (χ3v) is 2.80. The molecular weight excluding hydrogens is 218 g/mol. The van der Waals surface area contributed by atoms with E-state index in [-0.39, 0.29) is 11.6 Å². The van der Waals surface area contributed by atoms with E-state index in [0.29, 0.717) is 17.4 Å². The summed E-state index contributed by atoms with van der Waals surface area (Å²) in [5, 5.41) is 12.2. The quantitative estimate of drug-likeness (QED) is 0.817. The molecule has 0 saturated heterocycles. The first-order valence-electron chi connectivity index (χ1n) is 5.92. The number of nitrogens with one attached hydrogen (secondary N) is 1. The molecule has 5 heteroatoms. The SMILES string of the molecule is CC(C)c1ncc(NCC2CC2)c(C(=O)O)n1. The van der Waals surface area contributed by atoms with Gasteiger partial charge in [-0.25, -0.2) is 14.8 Å². The van der Waals surface area contributed by atoms with Gasteiger partial charge in [0.1, 0.15) is 5.82 Å². The Morgan fingerprint density at radius 1 is 1.59 bits per heavy atom. The lowest BCUT2D eigenvalue weighted by Gasteiger charge is -2.10. The summed E-state index contributed by atoms with van der Waals surface area (Å²) in [4.78, 5) is 19.4. The van der Waals surface area contributed by atoms with Crippen LogP contribution in [0, 0.1) is 5.92 Å². The van der Waals surface area contributed by atoms with Gasteiger partial charge in [0.15, 0.2) is 5.69 Å². The topological polar surface area (TPSA) is 75.1 Å². The molecule has 0 unspecified atom stereocenters. The second kappa shape index (κ2) is 4.69. The summed E-state index contributed by atoms with van der Waals surface area (Å²) in [6.45, 7) is 4.70. The van der Waals surface area contributed by atoms with E-state index in [1.807, 2.05) is 13.8 Å². The number of carboxylic acid groups (broad SMARTS) is 1. The van der Waals surface area contributed by atoms with Crippen LogP contribution in [0.3, 0.4) is 0 Å². The highest BCUT2D eigenvalue weighted by atomic mass is 16.4. The molecule has 0 radical (unpaired) electrons. The number of aromatic nitrogens is 2. The van der Waals surface area contributed by atoms with E-state index in [2.05, 4.69) is 15.3 Å². The van der Waals surface area contributed by atoms with Gasteiger partial charge in [0, 0.05) is 12.5 Å². The van der Waals surface area contributed by atoms with Gasteiger partial charge in [0.2, 0.25) is 0 Å². The number of aromatic carboxylic acids is 1. The number of hydrogen-bond acceptors (Lipinski definition) is 4. The van der Waals surface area contributed by atoms with Crippen molar-refractivity contribution in [3.8, 4) is 0 Å². The molecule has 0 amide bonds. The zero-order valence-corrected chi connectivity index (χ0v) is 10.1. The van der Waals surface area contributed by atoms with Crippen LogP contribution in [-0.2, 0) is 0 Å². The Balaban J connectivity index is 2.20. The van der Waals surface area contributed by atoms with Crippen molar-refractivity contribution in [3.05, 3.63) is 17.7 Å². The van der Waals surface area contributed by atoms with E-state index in [0.717, 1.165) is 6.54 Å². The number of hydrogen-bond donors (Lipinski definition) is 2. The van der Waals surface area contributed by atoms with Gasteiger partial charge >= 0.3 is 5.97 Å². The van der Waals surface area contributed by atoms with Crippen molar-refractivity contribution >= 4 is 11.7 Å².